The molecule has 0 aliphatic heterocycles. The third kappa shape index (κ3) is 3.66. The molecule has 1 N–H and O–H groups in total. The van der Waals surface area contributed by atoms with Gasteiger partial charge in [0.25, 0.3) is 5.91 Å². The van der Waals surface area contributed by atoms with Crippen LogP contribution in [0.2, 0.25) is 0 Å². The van der Waals surface area contributed by atoms with Gasteiger partial charge in [0.2, 0.25) is 0 Å². The first-order valence-electron chi connectivity index (χ1n) is 6.10. The topological polar surface area (TPSA) is 54.4 Å². The van der Waals surface area contributed by atoms with Crippen molar-refractivity contribution in [2.45, 2.75) is 32.1 Å². The quantitative estimate of drug-likeness (QED) is 0.641. The van der Waals surface area contributed by atoms with E-state index in [1.54, 1.807) is 18.3 Å². The molecule has 1 saturated carbocycles. The van der Waals surface area contributed by atoms with E-state index in [9.17, 15) is 4.79 Å². The van der Waals surface area contributed by atoms with Crippen molar-refractivity contribution in [2.24, 2.45) is 11.0 Å². The average Bonchev–Trinajstić information content (AvgIpc) is 2.41. The van der Waals surface area contributed by atoms with Crippen LogP contribution >= 0.6 is 0 Å². The van der Waals surface area contributed by atoms with E-state index in [0.29, 0.717) is 11.5 Å². The van der Waals surface area contributed by atoms with Crippen molar-refractivity contribution in [1.82, 2.24) is 10.4 Å². The zero-order chi connectivity index (χ0) is 11.9. The minimum Gasteiger partial charge on any atom is -0.267 e. The third-order valence-corrected chi connectivity index (χ3v) is 3.03. The van der Waals surface area contributed by atoms with Gasteiger partial charge in [-0.2, -0.15) is 5.10 Å². The van der Waals surface area contributed by atoms with Crippen LogP contribution < -0.4 is 5.43 Å². The number of hydrogen-bond donors (Lipinski definition) is 1. The second-order valence-corrected chi connectivity index (χ2v) is 4.36. The molecule has 0 bridgehead atoms. The van der Waals surface area contributed by atoms with E-state index >= 15 is 0 Å². The standard InChI is InChI=1S/C13H17N3O/c17-13(12-7-4-8-14-10-12)16-15-9-11-5-2-1-3-6-11/h4,7-11H,1-3,5-6H2,(H,16,17). The first kappa shape index (κ1) is 11.8. The highest BCUT2D eigenvalue weighted by Crippen LogP contribution is 2.21. The molecule has 0 atom stereocenters. The predicted octanol–water partition coefficient (Wildman–Crippen LogP) is 2.38. The lowest BCUT2D eigenvalue weighted by atomic mass is 9.90. The fourth-order valence-electron chi connectivity index (χ4n) is 2.05. The maximum atomic E-state index is 11.6. The summed E-state index contributed by atoms with van der Waals surface area (Å²) in [6, 6.07) is 3.46. The molecule has 17 heavy (non-hydrogen) atoms. The van der Waals surface area contributed by atoms with Crippen LogP contribution in [0.5, 0.6) is 0 Å². The smallest absolute Gasteiger partial charge is 0.267 e. The maximum absolute atomic E-state index is 11.6. The van der Waals surface area contributed by atoms with Crippen molar-refractivity contribution < 1.29 is 4.79 Å². The van der Waals surface area contributed by atoms with Crippen LogP contribution in [0.25, 0.3) is 0 Å². The van der Waals surface area contributed by atoms with E-state index in [2.05, 4.69) is 15.5 Å². The van der Waals surface area contributed by atoms with Crippen LogP contribution in [0.3, 0.4) is 0 Å². The molecule has 1 aromatic rings. The highest BCUT2D eigenvalue weighted by molar-refractivity contribution is 5.93. The van der Waals surface area contributed by atoms with E-state index in [0.717, 1.165) is 0 Å². The lowest BCUT2D eigenvalue weighted by Gasteiger charge is -2.16. The van der Waals surface area contributed by atoms with Crippen LogP contribution in [0.4, 0.5) is 0 Å². The van der Waals surface area contributed by atoms with Gasteiger partial charge in [-0.1, -0.05) is 19.3 Å². The van der Waals surface area contributed by atoms with E-state index in [-0.39, 0.29) is 5.91 Å². The highest BCUT2D eigenvalue weighted by Gasteiger charge is 2.10. The summed E-state index contributed by atoms with van der Waals surface area (Å²) in [5.74, 6) is 0.322. The number of carbonyl (C=O) groups excluding carboxylic acids is 1. The van der Waals surface area contributed by atoms with Crippen molar-refractivity contribution >= 4 is 12.1 Å². The zero-order valence-electron chi connectivity index (χ0n) is 9.80. The Bertz CT molecular complexity index is 383. The van der Waals surface area contributed by atoms with E-state index in [4.69, 9.17) is 0 Å². The molecule has 0 spiro atoms. The minimum atomic E-state index is -0.204. The summed E-state index contributed by atoms with van der Waals surface area (Å²) < 4.78 is 0. The van der Waals surface area contributed by atoms with Crippen molar-refractivity contribution in [1.29, 1.82) is 0 Å². The molecule has 4 heteroatoms. The van der Waals surface area contributed by atoms with Crippen molar-refractivity contribution in [3.63, 3.8) is 0 Å². The normalized spacial score (nSPS) is 17.2. The van der Waals surface area contributed by atoms with Crippen LogP contribution in [-0.2, 0) is 0 Å². The Morgan fingerprint density at radius 2 is 2.24 bits per heavy atom. The molecule has 1 aliphatic carbocycles. The van der Waals surface area contributed by atoms with Crippen LogP contribution in [0.1, 0.15) is 42.5 Å². The summed E-state index contributed by atoms with van der Waals surface area (Å²) in [5, 5.41) is 4.02. The molecular formula is C13H17N3O. The van der Waals surface area contributed by atoms with Gasteiger partial charge in [-0.15, -0.1) is 0 Å². The SMILES string of the molecule is O=C(NN=CC1CCCCC1)c1cccnc1. The van der Waals surface area contributed by atoms with Crippen molar-refractivity contribution in [3.05, 3.63) is 30.1 Å². The van der Waals surface area contributed by atoms with Gasteiger partial charge >= 0.3 is 0 Å². The van der Waals surface area contributed by atoms with Gasteiger partial charge in [-0.3, -0.25) is 9.78 Å². The molecule has 1 aliphatic rings. The molecule has 1 amide bonds. The van der Waals surface area contributed by atoms with Gasteiger partial charge in [-0.05, 0) is 30.9 Å². The molecule has 1 aromatic heterocycles. The Kier molecular flexibility index (Phi) is 4.24. The number of hydrazone groups is 1. The zero-order valence-corrected chi connectivity index (χ0v) is 9.80. The van der Waals surface area contributed by atoms with Gasteiger partial charge in [0, 0.05) is 18.6 Å². The Balaban J connectivity index is 1.81. The van der Waals surface area contributed by atoms with Crippen molar-refractivity contribution in [2.75, 3.05) is 0 Å². The summed E-state index contributed by atoms with van der Waals surface area (Å²) in [6.07, 6.45) is 11.3. The Morgan fingerprint density at radius 1 is 1.41 bits per heavy atom. The first-order valence-corrected chi connectivity index (χ1v) is 6.10. The van der Waals surface area contributed by atoms with Gasteiger partial charge in [-0.25, -0.2) is 5.43 Å². The fourth-order valence-corrected chi connectivity index (χ4v) is 2.05. The van der Waals surface area contributed by atoms with Crippen LogP contribution in [0.15, 0.2) is 29.6 Å². The average molecular weight is 231 g/mol. The second-order valence-electron chi connectivity index (χ2n) is 4.36. The van der Waals surface area contributed by atoms with Gasteiger partial charge in [0.05, 0.1) is 5.56 Å². The van der Waals surface area contributed by atoms with Gasteiger partial charge in [0.1, 0.15) is 0 Å². The van der Waals surface area contributed by atoms with E-state index in [1.165, 1.54) is 38.3 Å². The summed E-state index contributed by atoms with van der Waals surface area (Å²) in [5.41, 5.74) is 3.07. The van der Waals surface area contributed by atoms with Crippen LogP contribution in [-0.4, -0.2) is 17.1 Å². The molecule has 4 nitrogen and oxygen atoms in total. The molecule has 1 heterocycles. The number of pyridine rings is 1. The highest BCUT2D eigenvalue weighted by atomic mass is 16.2. The van der Waals surface area contributed by atoms with E-state index < -0.39 is 0 Å². The van der Waals surface area contributed by atoms with Crippen molar-refractivity contribution in [3.8, 4) is 0 Å². The molecule has 0 saturated heterocycles. The summed E-state index contributed by atoms with van der Waals surface area (Å²) in [4.78, 5) is 15.5. The number of carbonyl (C=O) groups is 1. The Labute approximate surface area is 101 Å². The van der Waals surface area contributed by atoms with Crippen LogP contribution in [0, 0.1) is 5.92 Å². The molecule has 2 rings (SSSR count). The van der Waals surface area contributed by atoms with E-state index in [1.807, 2.05) is 6.21 Å². The minimum absolute atomic E-state index is 0.204. The number of rotatable bonds is 3. The Morgan fingerprint density at radius 3 is 2.94 bits per heavy atom. The molecule has 0 radical (unpaired) electrons. The number of aromatic nitrogens is 1. The Hall–Kier alpha value is -1.71. The molecule has 0 aromatic carbocycles. The molecule has 1 fully saturated rings. The van der Waals surface area contributed by atoms with Gasteiger partial charge in [0.15, 0.2) is 0 Å². The number of nitrogens with zero attached hydrogens (tertiary/aromatic N) is 2. The largest absolute Gasteiger partial charge is 0.272 e. The lowest BCUT2D eigenvalue weighted by molar-refractivity contribution is 0.0954. The number of nitrogens with one attached hydrogen (secondary N) is 1. The second kappa shape index (κ2) is 6.13. The monoisotopic (exact) mass is 231 g/mol. The first-order chi connectivity index (χ1) is 8.36. The third-order valence-electron chi connectivity index (χ3n) is 3.03. The lowest BCUT2D eigenvalue weighted by Crippen LogP contribution is -2.19. The predicted molar refractivity (Wildman–Crippen MR) is 66.8 cm³/mol. The maximum Gasteiger partial charge on any atom is 0.272 e. The summed E-state index contributed by atoms with van der Waals surface area (Å²) in [6.45, 7) is 0. The molecule has 90 valence electrons. The fraction of sp³-hybridized carbons (Fsp3) is 0.462. The summed E-state index contributed by atoms with van der Waals surface area (Å²) in [7, 11) is 0. The van der Waals surface area contributed by atoms with Gasteiger partial charge < -0.3 is 0 Å². The number of amides is 1. The number of hydrogen-bond acceptors (Lipinski definition) is 3. The molecule has 0 unspecified atom stereocenters. The molecular weight excluding hydrogens is 214 g/mol. The summed E-state index contributed by atoms with van der Waals surface area (Å²) >= 11 is 0.